The van der Waals surface area contributed by atoms with Crippen LogP contribution in [-0.4, -0.2) is 39.3 Å². The molecule has 1 N–H and O–H groups in total. The van der Waals surface area contributed by atoms with Crippen LogP contribution in [0.4, 0.5) is 0 Å². The number of carboxylic acids is 1. The van der Waals surface area contributed by atoms with Gasteiger partial charge in [0.2, 0.25) is 11.8 Å². The topological polar surface area (TPSA) is 79.5 Å². The third kappa shape index (κ3) is 5.14. The maximum absolute atomic E-state index is 11.0. The first-order valence-corrected chi connectivity index (χ1v) is 11.2. The molecule has 0 bridgehead atoms. The number of nitrogens with zero attached hydrogens (tertiary/aromatic N) is 3. The first kappa shape index (κ1) is 22.0. The van der Waals surface area contributed by atoms with E-state index in [1.807, 2.05) is 43.3 Å². The zero-order valence-corrected chi connectivity index (χ0v) is 18.6. The van der Waals surface area contributed by atoms with E-state index < -0.39 is 5.97 Å². The molecule has 0 aliphatic carbocycles. The van der Waals surface area contributed by atoms with E-state index in [0.29, 0.717) is 24.9 Å². The molecule has 1 saturated heterocycles. The van der Waals surface area contributed by atoms with E-state index in [1.165, 1.54) is 11.1 Å². The standard InChI is InChI=1S/C26H29N3O3/c1-3-4-8-21(20-9-6-5-7-10-20)14-24-27-28-25(32-24)23-12-11-19(13-18(23)2)15-29-16-22(17-29)26(30)31/h5-7,9-14,22H,3-4,8,15-17H2,1-2H3,(H,30,31)/b21-14-. The molecule has 0 amide bonds. The van der Waals surface area contributed by atoms with Gasteiger partial charge in [-0.15, -0.1) is 10.2 Å². The molecule has 0 saturated carbocycles. The van der Waals surface area contributed by atoms with E-state index in [-0.39, 0.29) is 5.92 Å². The van der Waals surface area contributed by atoms with Crippen LogP contribution in [0.2, 0.25) is 0 Å². The van der Waals surface area contributed by atoms with Crippen LogP contribution in [0, 0.1) is 12.8 Å². The molecule has 1 aliphatic heterocycles. The van der Waals surface area contributed by atoms with Crippen molar-refractivity contribution < 1.29 is 14.3 Å². The number of aryl methyl sites for hydroxylation is 1. The molecule has 0 atom stereocenters. The average Bonchev–Trinajstić information content (AvgIpc) is 3.22. The van der Waals surface area contributed by atoms with E-state index in [4.69, 9.17) is 9.52 Å². The van der Waals surface area contributed by atoms with Crippen LogP contribution in [0.1, 0.15) is 48.8 Å². The van der Waals surface area contributed by atoms with E-state index in [1.54, 1.807) is 0 Å². The minimum atomic E-state index is -0.709. The second-order valence-electron chi connectivity index (χ2n) is 8.46. The van der Waals surface area contributed by atoms with Gasteiger partial charge in [0.25, 0.3) is 0 Å². The molecule has 4 rings (SSSR count). The molecule has 2 heterocycles. The lowest BCUT2D eigenvalue weighted by Gasteiger charge is -2.36. The Morgan fingerprint density at radius 1 is 1.19 bits per heavy atom. The minimum absolute atomic E-state index is 0.238. The molecule has 6 nitrogen and oxygen atoms in total. The van der Waals surface area contributed by atoms with Crippen LogP contribution in [0.3, 0.4) is 0 Å². The predicted molar refractivity (Wildman–Crippen MR) is 125 cm³/mol. The Bertz CT molecular complexity index is 1100. The first-order chi connectivity index (χ1) is 15.5. The second kappa shape index (κ2) is 9.92. The fraction of sp³-hybridized carbons (Fsp3) is 0.346. The molecule has 1 aromatic heterocycles. The van der Waals surface area contributed by atoms with Crippen molar-refractivity contribution >= 4 is 17.6 Å². The molecule has 0 radical (unpaired) electrons. The summed E-state index contributed by atoms with van der Waals surface area (Å²) in [7, 11) is 0. The highest BCUT2D eigenvalue weighted by molar-refractivity contribution is 5.79. The lowest BCUT2D eigenvalue weighted by Crippen LogP contribution is -2.49. The number of likely N-dealkylation sites (tertiary alicyclic amines) is 1. The van der Waals surface area contributed by atoms with Gasteiger partial charge in [-0.25, -0.2) is 0 Å². The van der Waals surface area contributed by atoms with E-state index in [0.717, 1.165) is 42.5 Å². The summed E-state index contributed by atoms with van der Waals surface area (Å²) in [6, 6.07) is 16.5. The SMILES string of the molecule is CCCC/C(=C/c1nnc(-c2ccc(CN3CC(C(=O)O)C3)cc2C)o1)c1ccccc1. The Morgan fingerprint density at radius 2 is 1.97 bits per heavy atom. The summed E-state index contributed by atoms with van der Waals surface area (Å²) in [5.41, 5.74) is 5.51. The number of allylic oxidation sites excluding steroid dienone is 1. The number of aromatic nitrogens is 2. The molecule has 6 heteroatoms. The normalized spacial score (nSPS) is 15.0. The van der Waals surface area contributed by atoms with E-state index in [2.05, 4.69) is 40.2 Å². The first-order valence-electron chi connectivity index (χ1n) is 11.2. The molecular weight excluding hydrogens is 402 g/mol. The van der Waals surface area contributed by atoms with Gasteiger partial charge in [-0.05, 0) is 48.1 Å². The smallest absolute Gasteiger partial charge is 0.309 e. The molecule has 1 aliphatic rings. The lowest BCUT2D eigenvalue weighted by atomic mass is 9.98. The van der Waals surface area contributed by atoms with Crippen LogP contribution in [-0.2, 0) is 11.3 Å². The van der Waals surface area contributed by atoms with Crippen LogP contribution < -0.4 is 0 Å². The number of aliphatic carboxylic acids is 1. The van der Waals surface area contributed by atoms with E-state index >= 15 is 0 Å². The van der Waals surface area contributed by atoms with Crippen molar-refractivity contribution in [3.8, 4) is 11.5 Å². The maximum atomic E-state index is 11.0. The fourth-order valence-electron chi connectivity index (χ4n) is 4.05. The molecule has 0 unspecified atom stereocenters. The number of hydrogen-bond donors (Lipinski definition) is 1. The Morgan fingerprint density at radius 3 is 2.66 bits per heavy atom. The maximum Gasteiger partial charge on any atom is 0.309 e. The largest absolute Gasteiger partial charge is 0.481 e. The van der Waals surface area contributed by atoms with E-state index in [9.17, 15) is 4.79 Å². The summed E-state index contributed by atoms with van der Waals surface area (Å²) >= 11 is 0. The van der Waals surface area contributed by atoms with Gasteiger partial charge < -0.3 is 9.52 Å². The zero-order valence-electron chi connectivity index (χ0n) is 18.6. The third-order valence-electron chi connectivity index (χ3n) is 5.92. The lowest BCUT2D eigenvalue weighted by molar-refractivity contribution is -0.147. The van der Waals surface area contributed by atoms with Gasteiger partial charge in [-0.2, -0.15) is 0 Å². The summed E-state index contributed by atoms with van der Waals surface area (Å²) in [6.45, 7) is 6.19. The summed E-state index contributed by atoms with van der Waals surface area (Å²) in [6.07, 6.45) is 5.19. The average molecular weight is 432 g/mol. The molecule has 2 aromatic carbocycles. The van der Waals surface area contributed by atoms with Crippen LogP contribution in [0.25, 0.3) is 23.1 Å². The Labute approximate surface area is 188 Å². The van der Waals surface area contributed by atoms with Gasteiger partial charge in [-0.1, -0.05) is 55.8 Å². The predicted octanol–water partition coefficient (Wildman–Crippen LogP) is 5.29. The highest BCUT2D eigenvalue weighted by Gasteiger charge is 2.32. The molecule has 3 aromatic rings. The highest BCUT2D eigenvalue weighted by Crippen LogP contribution is 2.28. The van der Waals surface area contributed by atoms with Crippen molar-refractivity contribution in [1.82, 2.24) is 15.1 Å². The monoisotopic (exact) mass is 431 g/mol. The highest BCUT2D eigenvalue weighted by atomic mass is 16.4. The van der Waals surface area contributed by atoms with Gasteiger partial charge in [0.1, 0.15) is 0 Å². The Hall–Kier alpha value is -3.25. The number of hydrogen-bond acceptors (Lipinski definition) is 5. The van der Waals surface area contributed by atoms with Gasteiger partial charge in [-0.3, -0.25) is 9.69 Å². The second-order valence-corrected chi connectivity index (χ2v) is 8.46. The summed E-state index contributed by atoms with van der Waals surface area (Å²) < 4.78 is 6.00. The van der Waals surface area contributed by atoms with Crippen molar-refractivity contribution in [2.45, 2.75) is 39.7 Å². The van der Waals surface area contributed by atoms with Gasteiger partial charge in [0, 0.05) is 31.3 Å². The van der Waals surface area contributed by atoms with Crippen molar-refractivity contribution in [3.05, 3.63) is 71.1 Å². The summed E-state index contributed by atoms with van der Waals surface area (Å²) in [5, 5.41) is 17.6. The fourth-order valence-corrected chi connectivity index (χ4v) is 4.05. The van der Waals surface area contributed by atoms with Gasteiger partial charge >= 0.3 is 5.97 Å². The van der Waals surface area contributed by atoms with Crippen molar-refractivity contribution in [3.63, 3.8) is 0 Å². The molecule has 166 valence electrons. The van der Waals surface area contributed by atoms with Gasteiger partial charge in [0.15, 0.2) is 0 Å². The number of unbranched alkanes of at least 4 members (excludes halogenated alkanes) is 1. The number of benzene rings is 2. The summed E-state index contributed by atoms with van der Waals surface area (Å²) in [5.74, 6) is 0.0781. The van der Waals surface area contributed by atoms with Crippen molar-refractivity contribution in [1.29, 1.82) is 0 Å². The minimum Gasteiger partial charge on any atom is -0.481 e. The third-order valence-corrected chi connectivity index (χ3v) is 5.92. The molecule has 1 fully saturated rings. The number of carboxylic acid groups (broad SMARTS) is 1. The molecular formula is C26H29N3O3. The molecule has 32 heavy (non-hydrogen) atoms. The Kier molecular flexibility index (Phi) is 6.81. The molecule has 0 spiro atoms. The van der Waals surface area contributed by atoms with Crippen LogP contribution >= 0.6 is 0 Å². The number of rotatable bonds is 9. The van der Waals surface area contributed by atoms with Crippen LogP contribution in [0.5, 0.6) is 0 Å². The van der Waals surface area contributed by atoms with Crippen LogP contribution in [0.15, 0.2) is 52.9 Å². The zero-order chi connectivity index (χ0) is 22.5. The quantitative estimate of drug-likeness (QED) is 0.496. The Balaban J connectivity index is 1.49. The van der Waals surface area contributed by atoms with Gasteiger partial charge in [0.05, 0.1) is 5.92 Å². The van der Waals surface area contributed by atoms with Crippen molar-refractivity contribution in [2.75, 3.05) is 13.1 Å². The summed E-state index contributed by atoms with van der Waals surface area (Å²) in [4.78, 5) is 13.1. The number of carbonyl (C=O) groups is 1. The van der Waals surface area contributed by atoms with Crippen molar-refractivity contribution in [2.24, 2.45) is 5.92 Å².